The van der Waals surface area contributed by atoms with Gasteiger partial charge in [-0.2, -0.15) is 0 Å². The van der Waals surface area contributed by atoms with Gasteiger partial charge in [0.15, 0.2) is 0 Å². The monoisotopic (exact) mass is 240 g/mol. The highest BCUT2D eigenvalue weighted by atomic mass is 16.2. The number of carbonyl (C=O) groups is 1. The summed E-state index contributed by atoms with van der Waals surface area (Å²) >= 11 is 0. The normalized spacial score (nSPS) is 17.5. The SMILES string of the molecule is CCCCCCCCNC(=O)C1(CN)CCC1. The highest BCUT2D eigenvalue weighted by Gasteiger charge is 2.42. The fourth-order valence-electron chi connectivity index (χ4n) is 2.42. The van der Waals surface area contributed by atoms with E-state index in [1.54, 1.807) is 0 Å². The number of nitrogens with two attached hydrogens (primary N) is 1. The summed E-state index contributed by atoms with van der Waals surface area (Å²) in [6.07, 6.45) is 10.7. The Balaban J connectivity index is 2.00. The third-order valence-electron chi connectivity index (χ3n) is 4.00. The van der Waals surface area contributed by atoms with E-state index in [4.69, 9.17) is 5.73 Å². The van der Waals surface area contributed by atoms with Gasteiger partial charge in [0.2, 0.25) is 5.91 Å². The van der Waals surface area contributed by atoms with Gasteiger partial charge in [-0.1, -0.05) is 45.4 Å². The van der Waals surface area contributed by atoms with Gasteiger partial charge >= 0.3 is 0 Å². The van der Waals surface area contributed by atoms with Crippen LogP contribution in [0.15, 0.2) is 0 Å². The number of nitrogens with one attached hydrogen (secondary N) is 1. The van der Waals surface area contributed by atoms with Crippen molar-refractivity contribution in [1.82, 2.24) is 5.32 Å². The molecule has 1 amide bonds. The Labute approximate surface area is 106 Å². The largest absolute Gasteiger partial charge is 0.356 e. The summed E-state index contributed by atoms with van der Waals surface area (Å²) < 4.78 is 0. The second kappa shape index (κ2) is 7.70. The van der Waals surface area contributed by atoms with Crippen molar-refractivity contribution >= 4 is 5.91 Å². The maximum atomic E-state index is 11.9. The lowest BCUT2D eigenvalue weighted by Gasteiger charge is -2.39. The van der Waals surface area contributed by atoms with Crippen molar-refractivity contribution in [1.29, 1.82) is 0 Å². The molecule has 100 valence electrons. The number of hydrogen-bond acceptors (Lipinski definition) is 2. The first kappa shape index (κ1) is 14.5. The standard InChI is InChI=1S/C14H28N2O/c1-2-3-4-5-6-7-11-16-13(17)14(12-15)9-8-10-14/h2-12,15H2,1H3,(H,16,17). The topological polar surface area (TPSA) is 55.1 Å². The molecule has 3 nitrogen and oxygen atoms in total. The molecule has 1 saturated carbocycles. The summed E-state index contributed by atoms with van der Waals surface area (Å²) in [5, 5.41) is 3.05. The Morgan fingerprint density at radius 1 is 1.18 bits per heavy atom. The molecule has 0 heterocycles. The average molecular weight is 240 g/mol. The van der Waals surface area contributed by atoms with Crippen LogP contribution in [-0.2, 0) is 4.79 Å². The quantitative estimate of drug-likeness (QED) is 0.609. The van der Waals surface area contributed by atoms with Crippen molar-refractivity contribution in [2.45, 2.75) is 64.7 Å². The molecule has 0 bridgehead atoms. The Bertz CT molecular complexity index is 219. The van der Waals surface area contributed by atoms with Crippen LogP contribution in [0.3, 0.4) is 0 Å². The third-order valence-corrected chi connectivity index (χ3v) is 4.00. The lowest BCUT2D eigenvalue weighted by molar-refractivity contribution is -0.135. The van der Waals surface area contributed by atoms with Gasteiger partial charge in [0.25, 0.3) is 0 Å². The molecule has 1 aliphatic carbocycles. The molecule has 0 aromatic carbocycles. The van der Waals surface area contributed by atoms with Crippen LogP contribution in [-0.4, -0.2) is 19.0 Å². The molecule has 0 radical (unpaired) electrons. The first-order valence-corrected chi connectivity index (χ1v) is 7.23. The minimum absolute atomic E-state index is 0.194. The number of hydrogen-bond donors (Lipinski definition) is 2. The zero-order chi connectivity index (χ0) is 12.6. The summed E-state index contributed by atoms with van der Waals surface area (Å²) in [5.41, 5.74) is 5.49. The van der Waals surface area contributed by atoms with Gasteiger partial charge in [0, 0.05) is 13.1 Å². The highest BCUT2D eigenvalue weighted by Crippen LogP contribution is 2.39. The Kier molecular flexibility index (Phi) is 6.56. The Hall–Kier alpha value is -0.570. The zero-order valence-corrected chi connectivity index (χ0v) is 11.3. The van der Waals surface area contributed by atoms with Gasteiger partial charge in [-0.3, -0.25) is 4.79 Å². The molecular formula is C14H28N2O. The summed E-state index contributed by atoms with van der Waals surface area (Å²) in [5.74, 6) is 0.194. The van der Waals surface area contributed by atoms with Crippen LogP contribution in [0.4, 0.5) is 0 Å². The predicted molar refractivity (Wildman–Crippen MR) is 71.7 cm³/mol. The van der Waals surface area contributed by atoms with Crippen molar-refractivity contribution in [3.63, 3.8) is 0 Å². The van der Waals surface area contributed by atoms with Crippen LogP contribution >= 0.6 is 0 Å². The van der Waals surface area contributed by atoms with E-state index in [1.807, 2.05) is 0 Å². The lowest BCUT2D eigenvalue weighted by Crippen LogP contribution is -2.50. The molecule has 17 heavy (non-hydrogen) atoms. The fraction of sp³-hybridized carbons (Fsp3) is 0.929. The van der Waals surface area contributed by atoms with E-state index < -0.39 is 0 Å². The van der Waals surface area contributed by atoms with E-state index in [2.05, 4.69) is 12.2 Å². The summed E-state index contributed by atoms with van der Waals surface area (Å²) in [4.78, 5) is 11.9. The van der Waals surface area contributed by atoms with E-state index in [1.165, 1.54) is 32.1 Å². The van der Waals surface area contributed by atoms with Gasteiger partial charge in [-0.05, 0) is 19.3 Å². The van der Waals surface area contributed by atoms with E-state index in [0.29, 0.717) is 6.54 Å². The molecule has 1 aliphatic rings. The Morgan fingerprint density at radius 2 is 1.82 bits per heavy atom. The van der Waals surface area contributed by atoms with Crippen LogP contribution in [0.2, 0.25) is 0 Å². The molecule has 0 aromatic rings. The maximum absolute atomic E-state index is 11.9. The van der Waals surface area contributed by atoms with Crippen LogP contribution in [0.25, 0.3) is 0 Å². The van der Waals surface area contributed by atoms with Gasteiger partial charge in [-0.15, -0.1) is 0 Å². The van der Waals surface area contributed by atoms with Gasteiger partial charge in [-0.25, -0.2) is 0 Å². The van der Waals surface area contributed by atoms with Crippen LogP contribution in [0.5, 0.6) is 0 Å². The number of carbonyl (C=O) groups excluding carboxylic acids is 1. The zero-order valence-electron chi connectivity index (χ0n) is 11.3. The minimum Gasteiger partial charge on any atom is -0.356 e. The van der Waals surface area contributed by atoms with Crippen LogP contribution in [0, 0.1) is 5.41 Å². The second-order valence-corrected chi connectivity index (χ2v) is 5.36. The third kappa shape index (κ3) is 4.30. The molecule has 3 N–H and O–H groups in total. The molecule has 0 aromatic heterocycles. The molecule has 3 heteroatoms. The smallest absolute Gasteiger partial charge is 0.227 e. The average Bonchev–Trinajstić information content (AvgIpc) is 2.27. The first-order valence-electron chi connectivity index (χ1n) is 7.23. The molecule has 0 spiro atoms. The molecule has 0 saturated heterocycles. The van der Waals surface area contributed by atoms with E-state index in [-0.39, 0.29) is 11.3 Å². The van der Waals surface area contributed by atoms with Crippen molar-refractivity contribution in [2.75, 3.05) is 13.1 Å². The van der Waals surface area contributed by atoms with Crippen molar-refractivity contribution in [3.8, 4) is 0 Å². The maximum Gasteiger partial charge on any atom is 0.227 e. The predicted octanol–water partition coefficient (Wildman–Crippen LogP) is 2.59. The van der Waals surface area contributed by atoms with E-state index >= 15 is 0 Å². The summed E-state index contributed by atoms with van der Waals surface area (Å²) in [6, 6.07) is 0. The minimum atomic E-state index is -0.206. The molecule has 0 unspecified atom stereocenters. The number of amides is 1. The van der Waals surface area contributed by atoms with Crippen LogP contribution in [0.1, 0.15) is 64.7 Å². The molecule has 0 aliphatic heterocycles. The van der Waals surface area contributed by atoms with Crippen molar-refractivity contribution in [2.24, 2.45) is 11.1 Å². The first-order chi connectivity index (χ1) is 8.25. The van der Waals surface area contributed by atoms with Crippen LogP contribution < -0.4 is 11.1 Å². The highest BCUT2D eigenvalue weighted by molar-refractivity contribution is 5.83. The van der Waals surface area contributed by atoms with Crippen molar-refractivity contribution in [3.05, 3.63) is 0 Å². The molecule has 0 atom stereocenters. The summed E-state index contributed by atoms with van der Waals surface area (Å²) in [6.45, 7) is 3.56. The molecule has 1 rings (SSSR count). The van der Waals surface area contributed by atoms with Gasteiger partial charge in [0.05, 0.1) is 5.41 Å². The fourth-order valence-corrected chi connectivity index (χ4v) is 2.42. The Morgan fingerprint density at radius 3 is 2.35 bits per heavy atom. The van der Waals surface area contributed by atoms with Crippen molar-refractivity contribution < 1.29 is 4.79 Å². The van der Waals surface area contributed by atoms with E-state index in [0.717, 1.165) is 32.2 Å². The lowest BCUT2D eigenvalue weighted by atomic mass is 9.68. The van der Waals surface area contributed by atoms with Gasteiger partial charge < -0.3 is 11.1 Å². The van der Waals surface area contributed by atoms with E-state index in [9.17, 15) is 4.79 Å². The molecular weight excluding hydrogens is 212 g/mol. The number of unbranched alkanes of at least 4 members (excludes halogenated alkanes) is 5. The second-order valence-electron chi connectivity index (χ2n) is 5.36. The van der Waals surface area contributed by atoms with Gasteiger partial charge in [0.1, 0.15) is 0 Å². The number of rotatable bonds is 9. The molecule has 1 fully saturated rings. The summed E-state index contributed by atoms with van der Waals surface area (Å²) in [7, 11) is 0.